The van der Waals surface area contributed by atoms with E-state index in [1.54, 1.807) is 66.7 Å². The van der Waals surface area contributed by atoms with Crippen LogP contribution in [0.4, 0.5) is 5.82 Å². The molecule has 182 valence electrons. The van der Waals surface area contributed by atoms with Gasteiger partial charge in [-0.15, -0.1) is 0 Å². The van der Waals surface area contributed by atoms with Crippen molar-refractivity contribution in [1.82, 2.24) is 9.13 Å². The number of nitrogens with zero attached hydrogens (tertiary/aromatic N) is 2. The predicted octanol–water partition coefficient (Wildman–Crippen LogP) is 3.01. The molecule has 0 aliphatic heterocycles. The van der Waals surface area contributed by atoms with Crippen molar-refractivity contribution in [2.75, 3.05) is 12.3 Å². The fourth-order valence-corrected chi connectivity index (χ4v) is 3.58. The van der Waals surface area contributed by atoms with E-state index in [-0.39, 0.29) is 23.7 Å². The average Bonchev–Trinajstić information content (AvgIpc) is 2.90. The third-order valence-corrected chi connectivity index (χ3v) is 5.46. The zero-order valence-electron chi connectivity index (χ0n) is 19.4. The molecule has 36 heavy (non-hydrogen) atoms. The number of aromatic nitrogens is 2. The van der Waals surface area contributed by atoms with Crippen molar-refractivity contribution >= 4 is 17.6 Å². The number of ether oxygens (including phenoxy) is 2. The number of anilines is 1. The zero-order valence-corrected chi connectivity index (χ0v) is 19.4. The van der Waals surface area contributed by atoms with Crippen LogP contribution in [0, 0.1) is 0 Å². The van der Waals surface area contributed by atoms with Gasteiger partial charge in [-0.25, -0.2) is 9.59 Å². The molecule has 0 radical (unpaired) electrons. The van der Waals surface area contributed by atoms with Crippen LogP contribution in [0.1, 0.15) is 26.3 Å². The Kier molecular flexibility index (Phi) is 7.10. The number of carbonyl (C=O) groups is 2. The fourth-order valence-electron chi connectivity index (χ4n) is 3.58. The number of nitrogen functional groups attached to an aromatic ring is 1. The Hall–Kier alpha value is -4.92. The Balaban J connectivity index is 1.56. The van der Waals surface area contributed by atoms with Gasteiger partial charge in [0.05, 0.1) is 6.54 Å². The summed E-state index contributed by atoms with van der Waals surface area (Å²) in [6.45, 7) is -0.689. The van der Waals surface area contributed by atoms with Gasteiger partial charge >= 0.3 is 11.7 Å². The number of hydrogen-bond donors (Lipinski definition) is 1. The highest BCUT2D eigenvalue weighted by atomic mass is 16.5. The van der Waals surface area contributed by atoms with Gasteiger partial charge in [-0.1, -0.05) is 60.7 Å². The number of carbonyl (C=O) groups excluding carboxylic acids is 2. The molecule has 0 saturated heterocycles. The molecule has 0 fully saturated rings. The van der Waals surface area contributed by atoms with E-state index in [4.69, 9.17) is 15.2 Å². The van der Waals surface area contributed by atoms with Crippen LogP contribution < -0.4 is 21.7 Å². The van der Waals surface area contributed by atoms with Crippen LogP contribution in [-0.4, -0.2) is 27.5 Å². The van der Waals surface area contributed by atoms with Gasteiger partial charge in [0, 0.05) is 7.05 Å². The lowest BCUT2D eigenvalue weighted by molar-refractivity contribution is 0.0471. The van der Waals surface area contributed by atoms with Crippen LogP contribution >= 0.6 is 0 Å². The minimum atomic E-state index is -0.865. The second-order valence-corrected chi connectivity index (χ2v) is 7.89. The Morgan fingerprint density at radius 3 is 2.17 bits per heavy atom. The highest BCUT2D eigenvalue weighted by Gasteiger charge is 2.24. The van der Waals surface area contributed by atoms with Crippen LogP contribution in [0.5, 0.6) is 11.5 Å². The number of ketones is 1. The Morgan fingerprint density at radius 1 is 0.861 bits per heavy atom. The van der Waals surface area contributed by atoms with Crippen LogP contribution in [0.25, 0.3) is 0 Å². The summed E-state index contributed by atoms with van der Waals surface area (Å²) in [6.07, 6.45) is 0. The van der Waals surface area contributed by atoms with Crippen LogP contribution in [0.2, 0.25) is 0 Å². The normalized spacial score (nSPS) is 10.6. The summed E-state index contributed by atoms with van der Waals surface area (Å²) in [4.78, 5) is 51.1. The third kappa shape index (κ3) is 5.10. The number of benzene rings is 3. The lowest BCUT2D eigenvalue weighted by atomic mass is 10.1. The van der Waals surface area contributed by atoms with Crippen molar-refractivity contribution in [1.29, 1.82) is 0 Å². The summed E-state index contributed by atoms with van der Waals surface area (Å²) in [6, 6.07) is 24.3. The zero-order chi connectivity index (χ0) is 25.7. The Bertz CT molecular complexity index is 1530. The van der Waals surface area contributed by atoms with Crippen molar-refractivity contribution in [2.45, 2.75) is 6.54 Å². The number of hydrogen-bond acceptors (Lipinski definition) is 7. The largest absolute Gasteiger partial charge is 0.456 e. The molecule has 4 rings (SSSR count). The molecule has 4 aromatic rings. The Labute approximate surface area is 205 Å². The molecular weight excluding hydrogens is 462 g/mol. The number of nitrogens with two attached hydrogens (primary N) is 1. The van der Waals surface area contributed by atoms with Gasteiger partial charge in [0.2, 0.25) is 5.78 Å². The molecule has 9 heteroatoms. The molecule has 0 aliphatic rings. The molecule has 1 heterocycles. The maximum Gasteiger partial charge on any atom is 0.342 e. The third-order valence-electron chi connectivity index (χ3n) is 5.46. The number of Topliss-reactive ketones (excluding diaryl/α,β-unsaturated/α-hetero) is 1. The average molecular weight is 485 g/mol. The highest BCUT2D eigenvalue weighted by molar-refractivity contribution is 6.02. The van der Waals surface area contributed by atoms with E-state index in [2.05, 4.69) is 0 Å². The topological polar surface area (TPSA) is 123 Å². The molecule has 0 bridgehead atoms. The number of esters is 1. The Morgan fingerprint density at radius 2 is 1.47 bits per heavy atom. The van der Waals surface area contributed by atoms with Crippen LogP contribution in [-0.2, 0) is 18.3 Å². The second kappa shape index (κ2) is 10.6. The smallest absolute Gasteiger partial charge is 0.342 e. The van der Waals surface area contributed by atoms with E-state index < -0.39 is 35.2 Å². The van der Waals surface area contributed by atoms with Gasteiger partial charge < -0.3 is 15.2 Å². The SMILES string of the molecule is Cn1c(=O)c(C(=O)COC(=O)c2ccccc2Oc2ccccc2)c(N)n(Cc2ccccc2)c1=O. The quantitative estimate of drug-likeness (QED) is 0.301. The summed E-state index contributed by atoms with van der Waals surface area (Å²) in [5, 5.41) is 0. The fraction of sp³-hybridized carbons (Fsp3) is 0.111. The monoisotopic (exact) mass is 485 g/mol. The lowest BCUT2D eigenvalue weighted by Crippen LogP contribution is -2.43. The first-order valence-electron chi connectivity index (χ1n) is 11.0. The molecule has 0 unspecified atom stereocenters. The van der Waals surface area contributed by atoms with E-state index in [0.717, 1.165) is 14.7 Å². The van der Waals surface area contributed by atoms with Gasteiger partial charge in [-0.2, -0.15) is 0 Å². The van der Waals surface area contributed by atoms with Crippen molar-refractivity contribution < 1.29 is 19.1 Å². The first kappa shape index (κ1) is 24.2. The van der Waals surface area contributed by atoms with Crippen molar-refractivity contribution in [3.05, 3.63) is 122 Å². The van der Waals surface area contributed by atoms with E-state index >= 15 is 0 Å². The second-order valence-electron chi connectivity index (χ2n) is 7.89. The molecule has 3 aromatic carbocycles. The van der Waals surface area contributed by atoms with Crippen molar-refractivity contribution in [3.63, 3.8) is 0 Å². The first-order chi connectivity index (χ1) is 17.4. The summed E-state index contributed by atoms with van der Waals surface area (Å²) in [7, 11) is 1.26. The van der Waals surface area contributed by atoms with Crippen molar-refractivity contribution in [2.24, 2.45) is 7.05 Å². The summed E-state index contributed by atoms with van der Waals surface area (Å²) in [5.74, 6) is -1.17. The molecule has 0 amide bonds. The van der Waals surface area contributed by atoms with Gasteiger partial charge in [0.25, 0.3) is 5.56 Å². The number of rotatable bonds is 8. The molecule has 1 aromatic heterocycles. The lowest BCUT2D eigenvalue weighted by Gasteiger charge is -2.15. The number of para-hydroxylation sites is 2. The standard InChI is InChI=1S/C27H23N3O6/c1-29-25(32)23(24(28)30(27(29)34)16-18-10-4-2-5-11-18)21(31)17-35-26(33)20-14-8-9-15-22(20)36-19-12-6-3-7-13-19/h2-15H,16-17,28H2,1H3. The maximum absolute atomic E-state index is 12.9. The molecular formula is C27H23N3O6. The van der Waals surface area contributed by atoms with E-state index in [1.807, 2.05) is 12.1 Å². The van der Waals surface area contributed by atoms with E-state index in [9.17, 15) is 19.2 Å². The predicted molar refractivity (Wildman–Crippen MR) is 133 cm³/mol. The van der Waals surface area contributed by atoms with Crippen LogP contribution in [0.15, 0.2) is 94.5 Å². The van der Waals surface area contributed by atoms with Gasteiger partial charge in [-0.3, -0.25) is 18.7 Å². The molecule has 0 aliphatic carbocycles. The van der Waals surface area contributed by atoms with E-state index in [0.29, 0.717) is 5.75 Å². The van der Waals surface area contributed by atoms with Gasteiger partial charge in [-0.05, 0) is 29.8 Å². The minimum Gasteiger partial charge on any atom is -0.456 e. The van der Waals surface area contributed by atoms with Crippen molar-refractivity contribution in [3.8, 4) is 11.5 Å². The highest BCUT2D eigenvalue weighted by Crippen LogP contribution is 2.25. The molecule has 0 spiro atoms. The first-order valence-corrected chi connectivity index (χ1v) is 11.0. The summed E-state index contributed by atoms with van der Waals surface area (Å²) >= 11 is 0. The maximum atomic E-state index is 12.9. The van der Waals surface area contributed by atoms with E-state index in [1.165, 1.54) is 13.1 Å². The van der Waals surface area contributed by atoms with Crippen LogP contribution in [0.3, 0.4) is 0 Å². The summed E-state index contributed by atoms with van der Waals surface area (Å²) < 4.78 is 12.9. The minimum absolute atomic E-state index is 0.0594. The molecule has 0 saturated carbocycles. The summed E-state index contributed by atoms with van der Waals surface area (Å²) in [5.41, 5.74) is 5.00. The van der Waals surface area contributed by atoms with Gasteiger partial charge in [0.15, 0.2) is 6.61 Å². The molecule has 9 nitrogen and oxygen atoms in total. The molecule has 0 atom stereocenters. The van der Waals surface area contributed by atoms with Gasteiger partial charge in [0.1, 0.15) is 28.4 Å². The molecule has 2 N–H and O–H groups in total.